The summed E-state index contributed by atoms with van der Waals surface area (Å²) in [6, 6.07) is 14.9. The highest BCUT2D eigenvalue weighted by molar-refractivity contribution is 7.86. The molecule has 2 aromatic carbocycles. The first-order valence-corrected chi connectivity index (χ1v) is 10.0. The van der Waals surface area contributed by atoms with Crippen LogP contribution in [-0.2, 0) is 20.8 Å². The van der Waals surface area contributed by atoms with Crippen LogP contribution in [0.5, 0.6) is 0 Å². The highest BCUT2D eigenvalue weighted by Gasteiger charge is 2.18. The number of aryl methyl sites for hydroxylation is 3. The predicted octanol–water partition coefficient (Wildman–Crippen LogP) is 3.60. The average molecular weight is 362 g/mol. The summed E-state index contributed by atoms with van der Waals surface area (Å²) in [5, 5.41) is 1.21. The Morgan fingerprint density at radius 1 is 1.04 bits per heavy atom. The lowest BCUT2D eigenvalue weighted by Gasteiger charge is -2.05. The van der Waals surface area contributed by atoms with Gasteiger partial charge in [0.2, 0.25) is 10.5 Å². The summed E-state index contributed by atoms with van der Waals surface area (Å²) in [6.07, 6.45) is 0.636. The smallest absolute Gasteiger partial charge is 0.266 e. The van der Waals surface area contributed by atoms with Gasteiger partial charge in [-0.3, -0.25) is 4.18 Å². The van der Waals surface area contributed by atoms with Crippen molar-refractivity contribution in [3.8, 4) is 0 Å². The fourth-order valence-corrected chi connectivity index (χ4v) is 4.58. The summed E-state index contributed by atoms with van der Waals surface area (Å²) >= 11 is 1.74. The molecule has 0 fully saturated rings. The monoisotopic (exact) mass is 362 g/mol. The van der Waals surface area contributed by atoms with Crippen molar-refractivity contribution < 1.29 is 17.2 Å². The van der Waals surface area contributed by atoms with Gasteiger partial charge in [-0.25, -0.2) is 0 Å². The molecule has 3 rings (SSSR count). The molecule has 0 radical (unpaired) electrons. The van der Waals surface area contributed by atoms with E-state index in [-0.39, 0.29) is 11.5 Å². The molecular formula is C18H20NO3S2+. The van der Waals surface area contributed by atoms with Gasteiger partial charge in [0.1, 0.15) is 4.70 Å². The van der Waals surface area contributed by atoms with E-state index in [1.165, 1.54) is 15.2 Å². The second kappa shape index (κ2) is 7.01. The molecule has 24 heavy (non-hydrogen) atoms. The van der Waals surface area contributed by atoms with Crippen molar-refractivity contribution in [3.05, 3.63) is 59.1 Å². The number of nitrogens with zero attached hydrogens (tertiary/aromatic N) is 1. The van der Waals surface area contributed by atoms with E-state index in [9.17, 15) is 8.42 Å². The van der Waals surface area contributed by atoms with Crippen molar-refractivity contribution in [1.82, 2.24) is 0 Å². The zero-order valence-electron chi connectivity index (χ0n) is 13.7. The van der Waals surface area contributed by atoms with Crippen LogP contribution in [0.2, 0.25) is 0 Å². The molecule has 0 saturated carbocycles. The Balaban J connectivity index is 1.62. The van der Waals surface area contributed by atoms with Crippen LogP contribution in [0.3, 0.4) is 0 Å². The van der Waals surface area contributed by atoms with Crippen molar-refractivity contribution in [2.75, 3.05) is 6.61 Å². The Bertz CT molecular complexity index is 944. The molecule has 1 heterocycles. The van der Waals surface area contributed by atoms with Crippen LogP contribution in [-0.4, -0.2) is 15.0 Å². The summed E-state index contributed by atoms with van der Waals surface area (Å²) in [6.45, 7) is 4.91. The van der Waals surface area contributed by atoms with Gasteiger partial charge in [-0.2, -0.15) is 13.0 Å². The molecule has 0 unspecified atom stereocenters. The molecule has 0 aliphatic rings. The van der Waals surface area contributed by atoms with Gasteiger partial charge in [0, 0.05) is 19.4 Å². The van der Waals surface area contributed by atoms with Crippen LogP contribution < -0.4 is 4.57 Å². The molecule has 0 spiro atoms. The van der Waals surface area contributed by atoms with Crippen LogP contribution in [0.15, 0.2) is 53.4 Å². The normalized spacial score (nSPS) is 11.9. The van der Waals surface area contributed by atoms with Gasteiger partial charge in [0.25, 0.3) is 10.1 Å². The molecule has 6 heteroatoms. The van der Waals surface area contributed by atoms with E-state index < -0.39 is 10.1 Å². The topological polar surface area (TPSA) is 47.3 Å². The van der Waals surface area contributed by atoms with Gasteiger partial charge in [0.05, 0.1) is 11.5 Å². The van der Waals surface area contributed by atoms with E-state index in [1.54, 1.807) is 35.6 Å². The Labute approximate surface area is 146 Å². The predicted molar refractivity (Wildman–Crippen MR) is 95.7 cm³/mol. The van der Waals surface area contributed by atoms with E-state index >= 15 is 0 Å². The second-order valence-corrected chi connectivity index (χ2v) is 8.53. The Morgan fingerprint density at radius 3 is 2.50 bits per heavy atom. The van der Waals surface area contributed by atoms with Crippen LogP contribution in [0.1, 0.15) is 17.0 Å². The lowest BCUT2D eigenvalue weighted by molar-refractivity contribution is -0.673. The molecule has 0 saturated heterocycles. The molecule has 3 aromatic rings. The number of hydrogen-bond acceptors (Lipinski definition) is 4. The summed E-state index contributed by atoms with van der Waals surface area (Å²) in [7, 11) is -3.68. The maximum Gasteiger partial charge on any atom is 0.296 e. The Hall–Kier alpha value is -1.76. The van der Waals surface area contributed by atoms with Crippen molar-refractivity contribution >= 4 is 31.7 Å². The molecule has 1 aromatic heterocycles. The minimum absolute atomic E-state index is 0.173. The minimum Gasteiger partial charge on any atom is -0.266 e. The molecule has 0 bridgehead atoms. The van der Waals surface area contributed by atoms with Crippen molar-refractivity contribution in [2.24, 2.45) is 0 Å². The van der Waals surface area contributed by atoms with Crippen molar-refractivity contribution in [3.63, 3.8) is 0 Å². The van der Waals surface area contributed by atoms with Crippen molar-refractivity contribution in [1.29, 1.82) is 0 Å². The highest BCUT2D eigenvalue weighted by atomic mass is 32.2. The van der Waals surface area contributed by atoms with Gasteiger partial charge >= 0.3 is 0 Å². The summed E-state index contributed by atoms with van der Waals surface area (Å²) in [5.74, 6) is 0. The number of para-hydroxylation sites is 1. The SMILES string of the molecule is Cc1ccc(S(=O)(=O)OCCC[n+]2c(C)sc3ccccc32)cc1. The van der Waals surface area contributed by atoms with Gasteiger partial charge in [-0.1, -0.05) is 41.2 Å². The van der Waals surface area contributed by atoms with Gasteiger partial charge in [0.15, 0.2) is 6.54 Å². The number of thiazole rings is 1. The van der Waals surface area contributed by atoms with E-state index in [2.05, 4.69) is 23.6 Å². The maximum atomic E-state index is 12.2. The van der Waals surface area contributed by atoms with Crippen molar-refractivity contribution in [2.45, 2.75) is 31.7 Å². The third kappa shape index (κ3) is 3.66. The van der Waals surface area contributed by atoms with Crippen LogP contribution >= 0.6 is 11.3 Å². The highest BCUT2D eigenvalue weighted by Crippen LogP contribution is 2.19. The minimum atomic E-state index is -3.68. The summed E-state index contributed by atoms with van der Waals surface area (Å²) in [5.41, 5.74) is 2.20. The molecule has 0 aliphatic carbocycles. The first kappa shape index (κ1) is 17.1. The lowest BCUT2D eigenvalue weighted by Crippen LogP contribution is -2.35. The van der Waals surface area contributed by atoms with E-state index in [1.807, 2.05) is 19.1 Å². The van der Waals surface area contributed by atoms with Crippen LogP contribution in [0, 0.1) is 13.8 Å². The third-order valence-corrected chi connectivity index (χ3v) is 6.28. The molecular weight excluding hydrogens is 342 g/mol. The maximum absolute atomic E-state index is 12.2. The van der Waals surface area contributed by atoms with Gasteiger partial charge in [-0.05, 0) is 25.1 Å². The molecule has 0 atom stereocenters. The summed E-state index contributed by atoms with van der Waals surface area (Å²) in [4.78, 5) is 0.206. The number of hydrogen-bond donors (Lipinski definition) is 0. The fourth-order valence-electron chi connectivity index (χ4n) is 2.59. The quantitative estimate of drug-likeness (QED) is 0.382. The van der Waals surface area contributed by atoms with Crippen LogP contribution in [0.4, 0.5) is 0 Å². The molecule has 0 aliphatic heterocycles. The van der Waals surface area contributed by atoms with Crippen LogP contribution in [0.25, 0.3) is 10.2 Å². The molecule has 126 valence electrons. The molecule has 4 nitrogen and oxygen atoms in total. The second-order valence-electron chi connectivity index (χ2n) is 5.68. The first-order chi connectivity index (χ1) is 11.5. The Kier molecular flexibility index (Phi) is 4.99. The standard InChI is InChI=1S/C18H20NO3S2/c1-14-8-10-16(11-9-14)24(20,21)22-13-5-12-19-15(2)23-18-7-4-3-6-17(18)19/h3-4,6-11H,5,12-13H2,1-2H3/q+1. The van der Waals surface area contributed by atoms with Gasteiger partial charge < -0.3 is 0 Å². The Morgan fingerprint density at radius 2 is 1.75 bits per heavy atom. The lowest BCUT2D eigenvalue weighted by atomic mass is 10.2. The first-order valence-electron chi connectivity index (χ1n) is 7.81. The van der Waals surface area contributed by atoms with E-state index in [4.69, 9.17) is 4.18 Å². The zero-order chi connectivity index (χ0) is 17.2. The van der Waals surface area contributed by atoms with E-state index in [0.717, 1.165) is 12.1 Å². The molecule has 0 amide bonds. The number of benzene rings is 2. The average Bonchev–Trinajstić information content (AvgIpc) is 2.87. The van der Waals surface area contributed by atoms with E-state index in [0.29, 0.717) is 6.42 Å². The fraction of sp³-hybridized carbons (Fsp3) is 0.278. The number of fused-ring (bicyclic) bond motifs is 1. The zero-order valence-corrected chi connectivity index (χ0v) is 15.4. The number of aromatic nitrogens is 1. The largest absolute Gasteiger partial charge is 0.296 e. The molecule has 0 N–H and O–H groups in total. The third-order valence-electron chi connectivity index (χ3n) is 3.87. The number of rotatable bonds is 6. The summed E-state index contributed by atoms with van der Waals surface area (Å²) < 4.78 is 32.9. The van der Waals surface area contributed by atoms with Gasteiger partial charge in [-0.15, -0.1) is 0 Å².